The summed E-state index contributed by atoms with van der Waals surface area (Å²) >= 11 is 0. The van der Waals surface area contributed by atoms with E-state index in [-0.39, 0.29) is 18.9 Å². The zero-order valence-corrected chi connectivity index (χ0v) is 44.1. The number of aliphatic hydroxyl groups is 3. The molecule has 0 aliphatic carbocycles. The molecule has 386 valence electrons. The predicted molar refractivity (Wildman–Crippen MR) is 287 cm³/mol. The van der Waals surface area contributed by atoms with Crippen molar-refractivity contribution in [1.82, 2.24) is 5.32 Å². The molecule has 0 aromatic heterocycles. The zero-order valence-electron chi connectivity index (χ0n) is 44.1. The summed E-state index contributed by atoms with van der Waals surface area (Å²) in [6.07, 6.45) is 71.0. The van der Waals surface area contributed by atoms with Crippen LogP contribution in [-0.4, -0.2) is 46.1 Å². The predicted octanol–water partition coefficient (Wildman–Crippen LogP) is 18.5. The van der Waals surface area contributed by atoms with Gasteiger partial charge in [-0.1, -0.05) is 314 Å². The van der Waals surface area contributed by atoms with Crippen molar-refractivity contribution in [3.05, 3.63) is 24.3 Å². The van der Waals surface area contributed by atoms with Crippen LogP contribution in [0.2, 0.25) is 0 Å². The first-order valence-corrected chi connectivity index (χ1v) is 29.6. The SMILES string of the molecule is CCCCCCCCCCCCCCCC/C=C/CC/C=C/C(O)C(CO)NC(=O)CC(O)CCCCCCCCCCCCCCCCCCCCCCCCCCCCCCCC. The van der Waals surface area contributed by atoms with Crippen LogP contribution in [0.4, 0.5) is 0 Å². The van der Waals surface area contributed by atoms with Gasteiger partial charge in [0.2, 0.25) is 5.91 Å². The lowest BCUT2D eigenvalue weighted by molar-refractivity contribution is -0.124. The molecule has 0 fully saturated rings. The Kier molecular flexibility index (Phi) is 54.4. The van der Waals surface area contributed by atoms with Crippen molar-refractivity contribution < 1.29 is 20.1 Å². The van der Waals surface area contributed by atoms with E-state index in [2.05, 4.69) is 31.3 Å². The first kappa shape index (κ1) is 63.8. The number of carbonyl (C=O) groups is 1. The van der Waals surface area contributed by atoms with Crippen molar-refractivity contribution in [3.63, 3.8) is 0 Å². The number of allylic oxidation sites excluding steroid dienone is 3. The summed E-state index contributed by atoms with van der Waals surface area (Å²) in [5.74, 6) is -0.319. The number of rotatable bonds is 55. The Morgan fingerprint density at radius 1 is 0.385 bits per heavy atom. The van der Waals surface area contributed by atoms with Crippen molar-refractivity contribution in [2.75, 3.05) is 6.61 Å². The Hall–Kier alpha value is -1.17. The smallest absolute Gasteiger partial charge is 0.222 e. The maximum absolute atomic E-state index is 12.5. The maximum Gasteiger partial charge on any atom is 0.222 e. The van der Waals surface area contributed by atoms with Gasteiger partial charge in [-0.2, -0.15) is 0 Å². The molecule has 0 aliphatic rings. The normalized spacial score (nSPS) is 13.4. The van der Waals surface area contributed by atoms with Crippen molar-refractivity contribution in [3.8, 4) is 0 Å². The molecule has 0 aromatic carbocycles. The Bertz CT molecular complexity index is 967. The first-order valence-electron chi connectivity index (χ1n) is 29.6. The first-order chi connectivity index (χ1) is 32.0. The molecule has 0 radical (unpaired) electrons. The molecule has 0 saturated carbocycles. The second-order valence-corrected chi connectivity index (χ2v) is 20.6. The van der Waals surface area contributed by atoms with Gasteiger partial charge in [0.05, 0.1) is 31.3 Å². The fraction of sp³-hybridized carbons (Fsp3) is 0.917. The van der Waals surface area contributed by atoms with Crippen molar-refractivity contribution in [1.29, 1.82) is 0 Å². The van der Waals surface area contributed by atoms with Crippen LogP contribution < -0.4 is 5.32 Å². The van der Waals surface area contributed by atoms with Gasteiger partial charge in [0.1, 0.15) is 0 Å². The molecule has 0 aliphatic heterocycles. The molecular formula is C60H117NO4. The van der Waals surface area contributed by atoms with Gasteiger partial charge in [0.15, 0.2) is 0 Å². The Labute approximate surface area is 407 Å². The number of nitrogens with one attached hydrogen (secondary N) is 1. The number of hydrogen-bond donors (Lipinski definition) is 4. The van der Waals surface area contributed by atoms with E-state index in [4.69, 9.17) is 0 Å². The van der Waals surface area contributed by atoms with Gasteiger partial charge in [-0.3, -0.25) is 4.79 Å². The topological polar surface area (TPSA) is 89.8 Å². The van der Waals surface area contributed by atoms with Gasteiger partial charge < -0.3 is 20.6 Å². The molecule has 4 N–H and O–H groups in total. The van der Waals surface area contributed by atoms with E-state index >= 15 is 0 Å². The molecule has 65 heavy (non-hydrogen) atoms. The van der Waals surface area contributed by atoms with Gasteiger partial charge in [-0.15, -0.1) is 0 Å². The van der Waals surface area contributed by atoms with Gasteiger partial charge in [0.25, 0.3) is 0 Å². The molecule has 5 nitrogen and oxygen atoms in total. The lowest BCUT2D eigenvalue weighted by atomic mass is 10.0. The van der Waals surface area contributed by atoms with Gasteiger partial charge >= 0.3 is 0 Å². The fourth-order valence-corrected chi connectivity index (χ4v) is 9.48. The lowest BCUT2D eigenvalue weighted by Crippen LogP contribution is -2.45. The molecule has 0 spiro atoms. The van der Waals surface area contributed by atoms with Crippen LogP contribution in [0.3, 0.4) is 0 Å². The molecule has 1 amide bonds. The molecule has 5 heteroatoms. The van der Waals surface area contributed by atoms with E-state index in [0.29, 0.717) is 6.42 Å². The van der Waals surface area contributed by atoms with Gasteiger partial charge in [0, 0.05) is 0 Å². The molecular weight excluding hydrogens is 799 g/mol. The van der Waals surface area contributed by atoms with E-state index in [1.807, 2.05) is 6.08 Å². The summed E-state index contributed by atoms with van der Waals surface area (Å²) in [5, 5.41) is 33.5. The summed E-state index contributed by atoms with van der Waals surface area (Å²) in [5.41, 5.74) is 0. The third-order valence-corrected chi connectivity index (χ3v) is 14.0. The molecule has 0 aromatic rings. The standard InChI is InChI=1S/C60H117NO4/c1-3-5-7-9-11-13-15-17-19-21-23-25-26-27-28-29-30-31-32-33-34-35-37-39-41-43-45-47-49-51-53-57(63)55-60(65)61-58(56-62)59(64)54-52-50-48-46-44-42-40-38-36-24-22-20-18-16-14-12-10-8-6-4-2/h44,46,52,54,57-59,62-64H,3-43,45,47-51,53,55-56H2,1-2H3,(H,61,65)/b46-44+,54-52+. The van der Waals surface area contributed by atoms with E-state index in [1.54, 1.807) is 6.08 Å². The summed E-state index contributed by atoms with van der Waals surface area (Å²) < 4.78 is 0. The number of hydrogen-bond acceptors (Lipinski definition) is 4. The second kappa shape index (κ2) is 55.4. The summed E-state index contributed by atoms with van der Waals surface area (Å²) in [4.78, 5) is 12.5. The highest BCUT2D eigenvalue weighted by atomic mass is 16.3. The number of amides is 1. The molecule has 3 unspecified atom stereocenters. The molecule has 0 bridgehead atoms. The summed E-state index contributed by atoms with van der Waals surface area (Å²) in [6.45, 7) is 4.24. The monoisotopic (exact) mass is 916 g/mol. The van der Waals surface area contributed by atoms with Crippen LogP contribution in [0.15, 0.2) is 24.3 Å². The highest BCUT2D eigenvalue weighted by molar-refractivity contribution is 5.76. The zero-order chi connectivity index (χ0) is 47.2. The fourth-order valence-electron chi connectivity index (χ4n) is 9.48. The van der Waals surface area contributed by atoms with Crippen molar-refractivity contribution >= 4 is 5.91 Å². The van der Waals surface area contributed by atoms with Crippen LogP contribution in [0, 0.1) is 0 Å². The van der Waals surface area contributed by atoms with Crippen LogP contribution in [0.25, 0.3) is 0 Å². The summed E-state index contributed by atoms with van der Waals surface area (Å²) in [6, 6.07) is -0.759. The molecule has 0 heterocycles. The molecule has 0 rings (SSSR count). The van der Waals surface area contributed by atoms with Gasteiger partial charge in [-0.25, -0.2) is 0 Å². The molecule has 0 saturated heterocycles. The number of unbranched alkanes of at least 4 members (excludes halogenated alkanes) is 44. The van der Waals surface area contributed by atoms with E-state index in [0.717, 1.165) is 32.1 Å². The lowest BCUT2D eigenvalue weighted by Gasteiger charge is -2.21. The van der Waals surface area contributed by atoms with Crippen molar-refractivity contribution in [2.24, 2.45) is 0 Å². The van der Waals surface area contributed by atoms with Crippen LogP contribution in [0.1, 0.15) is 328 Å². The molecule has 3 atom stereocenters. The minimum absolute atomic E-state index is 0.0105. The third-order valence-electron chi connectivity index (χ3n) is 14.0. The average Bonchev–Trinajstić information content (AvgIpc) is 3.30. The quantitative estimate of drug-likeness (QED) is 0.0361. The maximum atomic E-state index is 12.5. The van der Waals surface area contributed by atoms with Crippen LogP contribution >= 0.6 is 0 Å². The summed E-state index contributed by atoms with van der Waals surface area (Å²) in [7, 11) is 0. The van der Waals surface area contributed by atoms with Gasteiger partial charge in [-0.05, 0) is 32.1 Å². The third kappa shape index (κ3) is 52.1. The average molecular weight is 917 g/mol. The van der Waals surface area contributed by atoms with E-state index in [9.17, 15) is 20.1 Å². The Balaban J connectivity index is 3.53. The van der Waals surface area contributed by atoms with E-state index in [1.165, 1.54) is 270 Å². The Morgan fingerprint density at radius 2 is 0.662 bits per heavy atom. The highest BCUT2D eigenvalue weighted by Gasteiger charge is 2.20. The Morgan fingerprint density at radius 3 is 0.985 bits per heavy atom. The number of aliphatic hydroxyl groups excluding tert-OH is 3. The number of carbonyl (C=O) groups excluding carboxylic acids is 1. The largest absolute Gasteiger partial charge is 0.394 e. The minimum atomic E-state index is -0.950. The van der Waals surface area contributed by atoms with E-state index < -0.39 is 18.2 Å². The second-order valence-electron chi connectivity index (χ2n) is 20.6. The van der Waals surface area contributed by atoms with Crippen LogP contribution in [0.5, 0.6) is 0 Å². The highest BCUT2D eigenvalue weighted by Crippen LogP contribution is 2.18. The van der Waals surface area contributed by atoms with Crippen molar-refractivity contribution in [2.45, 2.75) is 347 Å². The minimum Gasteiger partial charge on any atom is -0.394 e. The van der Waals surface area contributed by atoms with Crippen LogP contribution in [-0.2, 0) is 4.79 Å².